The summed E-state index contributed by atoms with van der Waals surface area (Å²) in [7, 11) is 0. The van der Waals surface area contributed by atoms with E-state index in [0.717, 1.165) is 16.7 Å². The van der Waals surface area contributed by atoms with Gasteiger partial charge in [-0.1, -0.05) is 60.7 Å². The minimum absolute atomic E-state index is 0.109. The van der Waals surface area contributed by atoms with Gasteiger partial charge in [0.1, 0.15) is 18.7 Å². The molecule has 0 fully saturated rings. The lowest BCUT2D eigenvalue weighted by atomic mass is 9.93. The van der Waals surface area contributed by atoms with Crippen LogP contribution >= 0.6 is 0 Å². The maximum Gasteiger partial charge on any atom is 0.411 e. The van der Waals surface area contributed by atoms with Gasteiger partial charge in [-0.05, 0) is 36.0 Å². The Labute approximate surface area is 188 Å². The molecule has 0 unspecified atom stereocenters. The molecule has 3 amide bonds. The molecule has 0 saturated heterocycles. The third-order valence-corrected chi connectivity index (χ3v) is 5.55. The Hall–Kier alpha value is -3.61. The van der Waals surface area contributed by atoms with Crippen molar-refractivity contribution in [3.8, 4) is 0 Å². The van der Waals surface area contributed by atoms with Crippen LogP contribution in [0.2, 0.25) is 0 Å². The summed E-state index contributed by atoms with van der Waals surface area (Å²) in [6, 6.07) is 15.4. The van der Waals surface area contributed by atoms with E-state index in [1.165, 1.54) is 4.90 Å². The molecule has 3 rings (SSSR count). The Balaban J connectivity index is 1.75. The summed E-state index contributed by atoms with van der Waals surface area (Å²) in [4.78, 5) is 39.4. The van der Waals surface area contributed by atoms with E-state index in [0.29, 0.717) is 25.7 Å². The number of rotatable bonds is 9. The third kappa shape index (κ3) is 5.97. The van der Waals surface area contributed by atoms with Crippen molar-refractivity contribution in [2.24, 2.45) is 5.73 Å². The summed E-state index contributed by atoms with van der Waals surface area (Å²) in [5.41, 5.74) is 8.30. The molecule has 32 heavy (non-hydrogen) atoms. The molecule has 1 aliphatic heterocycles. The van der Waals surface area contributed by atoms with E-state index in [1.807, 2.05) is 54.6 Å². The van der Waals surface area contributed by atoms with E-state index < -0.39 is 30.0 Å². The van der Waals surface area contributed by atoms with E-state index in [2.05, 4.69) is 11.9 Å². The summed E-state index contributed by atoms with van der Waals surface area (Å²) in [5.74, 6) is -1.02. The lowest BCUT2D eigenvalue weighted by molar-refractivity contribution is -0.131. The second-order valence-electron chi connectivity index (χ2n) is 7.84. The Kier molecular flexibility index (Phi) is 8.02. The van der Waals surface area contributed by atoms with Gasteiger partial charge in [-0.25, -0.2) is 4.79 Å². The first-order valence-electron chi connectivity index (χ1n) is 10.7. The van der Waals surface area contributed by atoms with E-state index in [9.17, 15) is 14.4 Å². The van der Waals surface area contributed by atoms with Gasteiger partial charge in [0.25, 0.3) is 0 Å². The van der Waals surface area contributed by atoms with Crippen molar-refractivity contribution in [3.05, 3.63) is 83.9 Å². The van der Waals surface area contributed by atoms with Crippen molar-refractivity contribution >= 4 is 17.9 Å². The second-order valence-corrected chi connectivity index (χ2v) is 7.84. The van der Waals surface area contributed by atoms with E-state index in [-0.39, 0.29) is 13.2 Å². The molecule has 0 saturated carbocycles. The summed E-state index contributed by atoms with van der Waals surface area (Å²) in [5, 5.41) is 2.74. The maximum atomic E-state index is 13.2. The van der Waals surface area contributed by atoms with E-state index in [1.54, 1.807) is 6.08 Å². The number of hydrogen-bond donors (Lipinski definition) is 2. The highest BCUT2D eigenvalue weighted by Gasteiger charge is 2.36. The van der Waals surface area contributed by atoms with Crippen LogP contribution in [0.15, 0.2) is 67.3 Å². The van der Waals surface area contributed by atoms with Crippen LogP contribution in [-0.4, -0.2) is 34.9 Å². The number of ether oxygens (including phenoxy) is 1. The number of benzene rings is 2. The molecule has 1 heterocycles. The molecule has 168 valence electrons. The molecule has 0 radical (unpaired) electrons. The van der Waals surface area contributed by atoms with Gasteiger partial charge in [0.15, 0.2) is 0 Å². The zero-order chi connectivity index (χ0) is 22.9. The van der Waals surface area contributed by atoms with Crippen LogP contribution in [-0.2, 0) is 33.9 Å². The van der Waals surface area contributed by atoms with Crippen LogP contribution in [0.5, 0.6) is 0 Å². The number of nitrogens with zero attached hydrogens (tertiary/aromatic N) is 1. The molecule has 2 atom stereocenters. The first-order valence-corrected chi connectivity index (χ1v) is 10.7. The molecule has 7 heteroatoms. The largest absolute Gasteiger partial charge is 0.445 e. The standard InChI is InChI=1S/C25H29N3O4/c1-2-3-5-14-21(23(26)29)27-24(30)22-15-19-12-8-9-13-20(19)16-28(22)25(31)32-17-18-10-6-4-7-11-18/h2,4,6-13,21-22H,1,3,5,14-17H2,(H2,26,29)(H,27,30)/t21-,22+/m1/s1. The number of fused-ring (bicyclic) bond motifs is 1. The smallest absolute Gasteiger partial charge is 0.411 e. The molecule has 2 aromatic rings. The fourth-order valence-corrected chi connectivity index (χ4v) is 3.77. The summed E-state index contributed by atoms with van der Waals surface area (Å²) < 4.78 is 5.50. The van der Waals surface area contributed by atoms with Gasteiger partial charge in [0.2, 0.25) is 11.8 Å². The highest BCUT2D eigenvalue weighted by Crippen LogP contribution is 2.25. The van der Waals surface area contributed by atoms with Crippen molar-refractivity contribution in [2.75, 3.05) is 0 Å². The van der Waals surface area contributed by atoms with Gasteiger partial charge in [-0.15, -0.1) is 6.58 Å². The first-order chi connectivity index (χ1) is 15.5. The van der Waals surface area contributed by atoms with Gasteiger partial charge < -0.3 is 15.8 Å². The molecule has 0 spiro atoms. The number of hydrogen-bond acceptors (Lipinski definition) is 4. The SMILES string of the molecule is C=CCCC[C@@H](NC(=O)[C@@H]1Cc2ccccc2CN1C(=O)OCc1ccccc1)C(N)=O. The maximum absolute atomic E-state index is 13.2. The Morgan fingerprint density at radius 2 is 1.81 bits per heavy atom. The number of allylic oxidation sites excluding steroid dienone is 1. The van der Waals surface area contributed by atoms with Gasteiger partial charge in [-0.2, -0.15) is 0 Å². The topological polar surface area (TPSA) is 102 Å². The van der Waals surface area contributed by atoms with Gasteiger partial charge in [0.05, 0.1) is 6.54 Å². The number of unbranched alkanes of at least 4 members (excludes halogenated alkanes) is 1. The number of amides is 3. The third-order valence-electron chi connectivity index (χ3n) is 5.55. The average Bonchev–Trinajstić information content (AvgIpc) is 2.81. The van der Waals surface area contributed by atoms with Crippen molar-refractivity contribution in [3.63, 3.8) is 0 Å². The zero-order valence-corrected chi connectivity index (χ0v) is 18.0. The van der Waals surface area contributed by atoms with Crippen LogP contribution in [0.4, 0.5) is 4.79 Å². The first kappa shape index (κ1) is 23.1. The van der Waals surface area contributed by atoms with Crippen LogP contribution < -0.4 is 11.1 Å². The highest BCUT2D eigenvalue weighted by molar-refractivity contribution is 5.91. The Morgan fingerprint density at radius 1 is 1.12 bits per heavy atom. The normalized spacial score (nSPS) is 15.9. The molecule has 3 N–H and O–H groups in total. The highest BCUT2D eigenvalue weighted by atomic mass is 16.6. The lowest BCUT2D eigenvalue weighted by Gasteiger charge is -2.35. The predicted molar refractivity (Wildman–Crippen MR) is 121 cm³/mol. The van der Waals surface area contributed by atoms with Crippen LogP contribution in [0.1, 0.15) is 36.0 Å². The van der Waals surface area contributed by atoms with Crippen LogP contribution in [0.25, 0.3) is 0 Å². The molecule has 0 aromatic heterocycles. The van der Waals surface area contributed by atoms with Gasteiger partial charge >= 0.3 is 6.09 Å². The monoisotopic (exact) mass is 435 g/mol. The van der Waals surface area contributed by atoms with Crippen LogP contribution in [0, 0.1) is 0 Å². The fraction of sp³-hybridized carbons (Fsp3) is 0.320. The summed E-state index contributed by atoms with van der Waals surface area (Å²) in [6.45, 7) is 4.02. The van der Waals surface area contributed by atoms with Gasteiger partial charge in [-0.3, -0.25) is 14.5 Å². The Bertz CT molecular complexity index is 961. The Morgan fingerprint density at radius 3 is 2.50 bits per heavy atom. The molecule has 0 bridgehead atoms. The summed E-state index contributed by atoms with van der Waals surface area (Å²) in [6.07, 6.45) is 3.31. The molecule has 0 aliphatic carbocycles. The molecule has 1 aliphatic rings. The predicted octanol–water partition coefficient (Wildman–Crippen LogP) is 3.08. The van der Waals surface area contributed by atoms with Crippen molar-refractivity contribution in [2.45, 2.75) is 50.9 Å². The van der Waals surface area contributed by atoms with Crippen LogP contribution in [0.3, 0.4) is 0 Å². The van der Waals surface area contributed by atoms with Crippen molar-refractivity contribution in [1.82, 2.24) is 10.2 Å². The number of carbonyl (C=O) groups is 3. The molecular weight excluding hydrogens is 406 g/mol. The summed E-state index contributed by atoms with van der Waals surface area (Å²) >= 11 is 0. The van der Waals surface area contributed by atoms with Crippen molar-refractivity contribution in [1.29, 1.82) is 0 Å². The average molecular weight is 436 g/mol. The second kappa shape index (κ2) is 11.1. The minimum Gasteiger partial charge on any atom is -0.445 e. The minimum atomic E-state index is -0.804. The fourth-order valence-electron chi connectivity index (χ4n) is 3.77. The lowest BCUT2D eigenvalue weighted by Crippen LogP contribution is -2.56. The number of primary amides is 1. The molecule has 2 aromatic carbocycles. The number of nitrogens with two attached hydrogens (primary N) is 1. The van der Waals surface area contributed by atoms with E-state index >= 15 is 0 Å². The van der Waals surface area contributed by atoms with E-state index in [4.69, 9.17) is 10.5 Å². The zero-order valence-electron chi connectivity index (χ0n) is 18.0. The van der Waals surface area contributed by atoms with Crippen molar-refractivity contribution < 1.29 is 19.1 Å². The molecular formula is C25H29N3O4. The number of nitrogens with one attached hydrogen (secondary N) is 1. The molecule has 7 nitrogen and oxygen atoms in total. The number of carbonyl (C=O) groups excluding carboxylic acids is 3. The quantitative estimate of drug-likeness (QED) is 0.467. The van der Waals surface area contributed by atoms with Gasteiger partial charge in [0, 0.05) is 6.42 Å².